The number of likely N-dealkylation sites (tertiary alicyclic amines) is 1. The van der Waals surface area contributed by atoms with Crippen LogP contribution in [0.5, 0.6) is 0 Å². The molecule has 0 aromatic carbocycles. The Morgan fingerprint density at radius 3 is 2.55 bits per heavy atom. The first kappa shape index (κ1) is 17.4. The van der Waals surface area contributed by atoms with Crippen LogP contribution in [-0.2, 0) is 4.79 Å². The van der Waals surface area contributed by atoms with Crippen LogP contribution in [0, 0.1) is 11.8 Å². The zero-order valence-electron chi connectivity index (χ0n) is 13.8. The van der Waals surface area contributed by atoms with Crippen LogP contribution >= 0.6 is 0 Å². The molecule has 2 unspecified atom stereocenters. The van der Waals surface area contributed by atoms with Gasteiger partial charge in [0.2, 0.25) is 5.91 Å². The van der Waals surface area contributed by atoms with Crippen molar-refractivity contribution in [2.24, 2.45) is 11.8 Å². The van der Waals surface area contributed by atoms with Crippen molar-refractivity contribution in [2.75, 3.05) is 19.6 Å². The standard InChI is InChI=1S/C16H32N2O2/c1-12(2)13-6-7-15(20)18(9-8-13)11-14(19)10-17-16(3,4)5/h12-14,17,19H,6-11H2,1-5H3. The molecule has 0 aromatic rings. The van der Waals surface area contributed by atoms with Gasteiger partial charge in [-0.2, -0.15) is 0 Å². The molecule has 0 radical (unpaired) electrons. The molecule has 118 valence electrons. The van der Waals surface area contributed by atoms with E-state index in [1.54, 1.807) is 0 Å². The quantitative estimate of drug-likeness (QED) is 0.812. The second-order valence-corrected chi connectivity index (χ2v) is 7.46. The van der Waals surface area contributed by atoms with Crippen LogP contribution in [0.1, 0.15) is 53.9 Å². The lowest BCUT2D eigenvalue weighted by molar-refractivity contribution is -0.132. The first-order chi connectivity index (χ1) is 9.19. The highest BCUT2D eigenvalue weighted by Crippen LogP contribution is 2.25. The summed E-state index contributed by atoms with van der Waals surface area (Å²) in [5, 5.41) is 13.4. The average molecular weight is 284 g/mol. The van der Waals surface area contributed by atoms with Crippen molar-refractivity contribution in [1.82, 2.24) is 10.2 Å². The van der Waals surface area contributed by atoms with Crippen molar-refractivity contribution in [3.05, 3.63) is 0 Å². The Labute approximate surface area is 123 Å². The molecule has 1 fully saturated rings. The molecule has 1 heterocycles. The predicted octanol–water partition coefficient (Wildman–Crippen LogP) is 2.02. The Balaban J connectivity index is 2.44. The lowest BCUT2D eigenvalue weighted by atomic mass is 9.89. The first-order valence-corrected chi connectivity index (χ1v) is 7.90. The fraction of sp³-hybridized carbons (Fsp3) is 0.938. The van der Waals surface area contributed by atoms with Crippen LogP contribution in [0.2, 0.25) is 0 Å². The summed E-state index contributed by atoms with van der Waals surface area (Å²) in [6, 6.07) is 0. The third-order valence-electron chi connectivity index (χ3n) is 4.09. The maximum Gasteiger partial charge on any atom is 0.222 e. The predicted molar refractivity (Wildman–Crippen MR) is 82.5 cm³/mol. The van der Waals surface area contributed by atoms with Gasteiger partial charge in [0, 0.05) is 31.6 Å². The summed E-state index contributed by atoms with van der Waals surface area (Å²) in [5.74, 6) is 1.46. The average Bonchev–Trinajstić information content (AvgIpc) is 2.49. The van der Waals surface area contributed by atoms with E-state index in [9.17, 15) is 9.90 Å². The number of hydrogen-bond acceptors (Lipinski definition) is 3. The number of aliphatic hydroxyl groups excluding tert-OH is 1. The molecule has 0 aromatic heterocycles. The largest absolute Gasteiger partial charge is 0.390 e. The zero-order chi connectivity index (χ0) is 15.3. The molecule has 20 heavy (non-hydrogen) atoms. The smallest absolute Gasteiger partial charge is 0.222 e. The molecule has 0 bridgehead atoms. The van der Waals surface area contributed by atoms with E-state index >= 15 is 0 Å². The van der Waals surface area contributed by atoms with Gasteiger partial charge in [0.25, 0.3) is 0 Å². The molecular formula is C16H32N2O2. The number of carbonyl (C=O) groups is 1. The molecule has 0 aliphatic carbocycles. The second kappa shape index (κ2) is 7.41. The molecule has 2 N–H and O–H groups in total. The fourth-order valence-electron chi connectivity index (χ4n) is 2.66. The lowest BCUT2D eigenvalue weighted by Gasteiger charge is -2.27. The summed E-state index contributed by atoms with van der Waals surface area (Å²) in [4.78, 5) is 14.0. The summed E-state index contributed by atoms with van der Waals surface area (Å²) in [6.07, 6.45) is 2.18. The molecule has 4 heteroatoms. The fourth-order valence-corrected chi connectivity index (χ4v) is 2.66. The highest BCUT2D eigenvalue weighted by molar-refractivity contribution is 5.76. The summed E-state index contributed by atoms with van der Waals surface area (Å²) in [6.45, 7) is 12.4. The SMILES string of the molecule is CC(C)C1CCC(=O)N(CC(O)CNC(C)(C)C)CC1. The number of β-amino-alcohol motifs (C(OH)–C–C–N with tert-alkyl or cyclic N) is 1. The first-order valence-electron chi connectivity index (χ1n) is 7.90. The van der Waals surface area contributed by atoms with E-state index in [0.29, 0.717) is 31.3 Å². The van der Waals surface area contributed by atoms with E-state index in [2.05, 4.69) is 39.9 Å². The monoisotopic (exact) mass is 284 g/mol. The van der Waals surface area contributed by atoms with Gasteiger partial charge in [0.05, 0.1) is 6.10 Å². The second-order valence-electron chi connectivity index (χ2n) is 7.46. The number of amides is 1. The number of nitrogens with one attached hydrogen (secondary N) is 1. The van der Waals surface area contributed by atoms with Crippen molar-refractivity contribution in [3.8, 4) is 0 Å². The highest BCUT2D eigenvalue weighted by Gasteiger charge is 2.25. The lowest BCUT2D eigenvalue weighted by Crippen LogP contribution is -2.46. The minimum atomic E-state index is -0.492. The molecule has 1 aliphatic rings. The summed E-state index contributed by atoms with van der Waals surface area (Å²) >= 11 is 0. The molecule has 0 saturated carbocycles. The molecule has 0 spiro atoms. The van der Waals surface area contributed by atoms with E-state index in [0.717, 1.165) is 19.4 Å². The van der Waals surface area contributed by atoms with Gasteiger partial charge in [-0.3, -0.25) is 4.79 Å². The molecule has 1 aliphatic heterocycles. The topological polar surface area (TPSA) is 52.6 Å². The Kier molecular flexibility index (Phi) is 6.46. The van der Waals surface area contributed by atoms with Gasteiger partial charge < -0.3 is 15.3 Å². The van der Waals surface area contributed by atoms with Crippen LogP contribution in [0.4, 0.5) is 0 Å². The molecular weight excluding hydrogens is 252 g/mol. The van der Waals surface area contributed by atoms with Crippen LogP contribution in [0.3, 0.4) is 0 Å². The van der Waals surface area contributed by atoms with Crippen LogP contribution in [-0.4, -0.2) is 47.2 Å². The van der Waals surface area contributed by atoms with E-state index in [1.165, 1.54) is 0 Å². The number of nitrogens with zero attached hydrogens (tertiary/aromatic N) is 1. The maximum absolute atomic E-state index is 12.1. The van der Waals surface area contributed by atoms with Gasteiger partial charge >= 0.3 is 0 Å². The van der Waals surface area contributed by atoms with Crippen molar-refractivity contribution < 1.29 is 9.90 Å². The maximum atomic E-state index is 12.1. The summed E-state index contributed by atoms with van der Waals surface area (Å²) in [5.41, 5.74) is -0.00743. The zero-order valence-corrected chi connectivity index (χ0v) is 13.8. The Bertz CT molecular complexity index is 310. The molecule has 1 amide bonds. The Hall–Kier alpha value is -0.610. The van der Waals surface area contributed by atoms with Crippen molar-refractivity contribution in [1.29, 1.82) is 0 Å². The van der Waals surface area contributed by atoms with Gasteiger partial charge in [-0.25, -0.2) is 0 Å². The normalized spacial score (nSPS) is 23.1. The van der Waals surface area contributed by atoms with Crippen LogP contribution < -0.4 is 5.32 Å². The summed E-state index contributed by atoms with van der Waals surface area (Å²) < 4.78 is 0. The van der Waals surface area contributed by atoms with Crippen LogP contribution in [0.15, 0.2) is 0 Å². The van der Waals surface area contributed by atoms with Crippen molar-refractivity contribution >= 4 is 5.91 Å². The van der Waals surface area contributed by atoms with E-state index < -0.39 is 6.10 Å². The third-order valence-corrected chi connectivity index (χ3v) is 4.09. The van der Waals surface area contributed by atoms with Crippen LogP contribution in [0.25, 0.3) is 0 Å². The van der Waals surface area contributed by atoms with Gasteiger partial charge in [-0.1, -0.05) is 13.8 Å². The third kappa shape index (κ3) is 6.23. The Morgan fingerprint density at radius 1 is 1.35 bits per heavy atom. The van der Waals surface area contributed by atoms with Gasteiger partial charge in [0.15, 0.2) is 0 Å². The van der Waals surface area contributed by atoms with Gasteiger partial charge in [0.1, 0.15) is 0 Å². The molecule has 1 saturated heterocycles. The number of aliphatic hydroxyl groups is 1. The number of carbonyl (C=O) groups excluding carboxylic acids is 1. The minimum absolute atomic E-state index is 0.00743. The number of hydrogen-bond donors (Lipinski definition) is 2. The molecule has 4 nitrogen and oxygen atoms in total. The highest BCUT2D eigenvalue weighted by atomic mass is 16.3. The van der Waals surface area contributed by atoms with Gasteiger partial charge in [-0.15, -0.1) is 0 Å². The van der Waals surface area contributed by atoms with Crippen molar-refractivity contribution in [2.45, 2.75) is 65.5 Å². The van der Waals surface area contributed by atoms with E-state index in [4.69, 9.17) is 0 Å². The number of rotatable bonds is 5. The van der Waals surface area contributed by atoms with E-state index in [-0.39, 0.29) is 11.4 Å². The Morgan fingerprint density at radius 2 is 2.00 bits per heavy atom. The van der Waals surface area contributed by atoms with Gasteiger partial charge in [-0.05, 0) is 45.4 Å². The molecule has 1 rings (SSSR count). The van der Waals surface area contributed by atoms with E-state index in [1.807, 2.05) is 4.90 Å². The van der Waals surface area contributed by atoms with Crippen molar-refractivity contribution in [3.63, 3.8) is 0 Å². The summed E-state index contributed by atoms with van der Waals surface area (Å²) in [7, 11) is 0. The minimum Gasteiger partial charge on any atom is -0.390 e. The molecule has 2 atom stereocenters.